The highest BCUT2D eigenvalue weighted by Crippen LogP contribution is 1.81. The molecule has 9 heavy (non-hydrogen) atoms. The molecule has 0 aromatic heterocycles. The molecule has 3 nitrogen and oxygen atoms in total. The van der Waals surface area contributed by atoms with Crippen molar-refractivity contribution in [1.29, 1.82) is 0 Å². The number of terminal acetylenes is 1. The molecule has 0 saturated heterocycles. The SMILES string of the molecule is C#C.CO[SiH](OC)OC. The summed E-state index contributed by atoms with van der Waals surface area (Å²) < 4.78 is 14.2. The molecule has 0 radical (unpaired) electrons. The minimum atomic E-state index is -1.67. The first-order chi connectivity index (χ1) is 4.35. The lowest BCUT2D eigenvalue weighted by Gasteiger charge is -2.05. The van der Waals surface area contributed by atoms with Crippen LogP contribution in [0.25, 0.3) is 0 Å². The van der Waals surface area contributed by atoms with Gasteiger partial charge in [-0.1, -0.05) is 0 Å². The van der Waals surface area contributed by atoms with Crippen LogP contribution < -0.4 is 0 Å². The lowest BCUT2D eigenvalue weighted by atomic mass is 11.4. The molecule has 0 saturated carbocycles. The normalized spacial score (nSPS) is 8.22. The summed E-state index contributed by atoms with van der Waals surface area (Å²) in [6, 6.07) is 0. The Morgan fingerprint density at radius 1 is 0.889 bits per heavy atom. The van der Waals surface area contributed by atoms with E-state index >= 15 is 0 Å². The highest BCUT2D eigenvalue weighted by atomic mass is 28.3. The molecule has 0 N–H and O–H groups in total. The number of hydrogen-bond acceptors (Lipinski definition) is 3. The summed E-state index contributed by atoms with van der Waals surface area (Å²) in [5.41, 5.74) is 0. The van der Waals surface area contributed by atoms with Crippen molar-refractivity contribution >= 4 is 9.53 Å². The quantitative estimate of drug-likeness (QED) is 0.413. The Morgan fingerprint density at radius 2 is 1.11 bits per heavy atom. The van der Waals surface area contributed by atoms with Gasteiger partial charge in [0.05, 0.1) is 0 Å². The molecule has 0 aliphatic heterocycles. The van der Waals surface area contributed by atoms with Crippen molar-refractivity contribution in [2.45, 2.75) is 0 Å². The zero-order valence-electron chi connectivity index (χ0n) is 5.96. The number of hydrogen-bond donors (Lipinski definition) is 0. The van der Waals surface area contributed by atoms with Crippen molar-refractivity contribution in [3.05, 3.63) is 0 Å². The van der Waals surface area contributed by atoms with Gasteiger partial charge in [-0.25, -0.2) is 0 Å². The third-order valence-electron chi connectivity index (χ3n) is 0.577. The summed E-state index contributed by atoms with van der Waals surface area (Å²) in [6.45, 7) is 0. The standard InChI is InChI=1S/C3H10O3Si.C2H2/c1-4-7(5-2)6-3;1-2/h7H,1-3H3;1-2H. The summed E-state index contributed by atoms with van der Waals surface area (Å²) in [7, 11) is 3.05. The Balaban J connectivity index is 0. The molecule has 0 aliphatic carbocycles. The molecular formula is C5H12O3Si. The molecule has 0 rings (SSSR count). The maximum atomic E-state index is 4.74. The average Bonchev–Trinajstić information content (AvgIpc) is 1.96. The molecule has 0 amide bonds. The van der Waals surface area contributed by atoms with E-state index in [1.807, 2.05) is 0 Å². The third kappa shape index (κ3) is 7.66. The predicted molar refractivity (Wildman–Crippen MR) is 38.1 cm³/mol. The van der Waals surface area contributed by atoms with Crippen molar-refractivity contribution < 1.29 is 13.3 Å². The fourth-order valence-electron chi connectivity index (χ4n) is 0.289. The summed E-state index contributed by atoms with van der Waals surface area (Å²) >= 11 is 0. The van der Waals surface area contributed by atoms with Gasteiger partial charge in [0.2, 0.25) is 0 Å². The largest absolute Gasteiger partial charge is 0.483 e. The molecular weight excluding hydrogens is 136 g/mol. The van der Waals surface area contributed by atoms with E-state index < -0.39 is 9.53 Å². The first-order valence-electron chi connectivity index (χ1n) is 2.27. The second-order valence-corrected chi connectivity index (χ2v) is 2.99. The van der Waals surface area contributed by atoms with Crippen molar-refractivity contribution in [1.82, 2.24) is 0 Å². The van der Waals surface area contributed by atoms with Crippen LogP contribution in [0, 0.1) is 12.8 Å². The Morgan fingerprint density at radius 3 is 1.11 bits per heavy atom. The van der Waals surface area contributed by atoms with E-state index in [2.05, 4.69) is 12.8 Å². The van der Waals surface area contributed by atoms with Gasteiger partial charge in [0.1, 0.15) is 0 Å². The van der Waals surface area contributed by atoms with Crippen molar-refractivity contribution in [3.8, 4) is 12.8 Å². The van der Waals surface area contributed by atoms with Gasteiger partial charge in [-0.05, 0) is 0 Å². The van der Waals surface area contributed by atoms with Gasteiger partial charge in [-0.2, -0.15) is 0 Å². The smallest absolute Gasteiger partial charge is 0.379 e. The molecule has 0 heterocycles. The molecule has 54 valence electrons. The monoisotopic (exact) mass is 148 g/mol. The Kier molecular flexibility index (Phi) is 13.5. The number of rotatable bonds is 3. The topological polar surface area (TPSA) is 27.7 Å². The third-order valence-corrected chi connectivity index (χ3v) is 1.73. The van der Waals surface area contributed by atoms with Crippen molar-refractivity contribution in [2.75, 3.05) is 21.3 Å². The van der Waals surface area contributed by atoms with E-state index in [-0.39, 0.29) is 0 Å². The summed E-state index contributed by atoms with van der Waals surface area (Å²) in [4.78, 5) is 0. The van der Waals surface area contributed by atoms with E-state index in [1.54, 1.807) is 21.3 Å². The minimum absolute atomic E-state index is 1.57. The van der Waals surface area contributed by atoms with Crippen LogP contribution >= 0.6 is 0 Å². The molecule has 0 unspecified atom stereocenters. The van der Waals surface area contributed by atoms with Crippen LogP contribution in [0.5, 0.6) is 0 Å². The van der Waals surface area contributed by atoms with E-state index in [0.717, 1.165) is 0 Å². The lowest BCUT2D eigenvalue weighted by Crippen LogP contribution is -2.21. The van der Waals surface area contributed by atoms with Crippen LogP contribution in [-0.4, -0.2) is 30.9 Å². The average molecular weight is 148 g/mol. The van der Waals surface area contributed by atoms with Crippen LogP contribution in [-0.2, 0) is 13.3 Å². The zero-order chi connectivity index (χ0) is 7.70. The van der Waals surface area contributed by atoms with Gasteiger partial charge in [0.25, 0.3) is 0 Å². The highest BCUT2D eigenvalue weighted by Gasteiger charge is 2.04. The van der Waals surface area contributed by atoms with Crippen LogP contribution in [0.2, 0.25) is 0 Å². The van der Waals surface area contributed by atoms with Gasteiger partial charge in [-0.3, -0.25) is 0 Å². The fourth-order valence-corrected chi connectivity index (χ4v) is 0.866. The molecule has 0 spiro atoms. The van der Waals surface area contributed by atoms with Crippen LogP contribution in [0.3, 0.4) is 0 Å². The van der Waals surface area contributed by atoms with E-state index in [0.29, 0.717) is 0 Å². The Bertz CT molecular complexity index is 55.0. The predicted octanol–water partition coefficient (Wildman–Crippen LogP) is -0.108. The van der Waals surface area contributed by atoms with Crippen LogP contribution in [0.1, 0.15) is 0 Å². The first-order valence-corrected chi connectivity index (χ1v) is 3.68. The molecule has 4 heteroatoms. The summed E-state index contributed by atoms with van der Waals surface area (Å²) in [6.07, 6.45) is 8.00. The maximum absolute atomic E-state index is 4.74. The zero-order valence-corrected chi connectivity index (χ0v) is 7.11. The molecule has 0 aromatic carbocycles. The minimum Gasteiger partial charge on any atom is -0.379 e. The van der Waals surface area contributed by atoms with E-state index in [9.17, 15) is 0 Å². The molecule has 0 aromatic rings. The Labute approximate surface area is 57.9 Å². The second kappa shape index (κ2) is 10.6. The van der Waals surface area contributed by atoms with Gasteiger partial charge in [0.15, 0.2) is 0 Å². The van der Waals surface area contributed by atoms with Crippen molar-refractivity contribution in [3.63, 3.8) is 0 Å². The van der Waals surface area contributed by atoms with Crippen LogP contribution in [0.4, 0.5) is 0 Å². The highest BCUT2D eigenvalue weighted by molar-refractivity contribution is 6.36. The Hall–Kier alpha value is -0.343. The molecule has 0 fully saturated rings. The van der Waals surface area contributed by atoms with Gasteiger partial charge < -0.3 is 13.3 Å². The van der Waals surface area contributed by atoms with Gasteiger partial charge >= 0.3 is 9.53 Å². The lowest BCUT2D eigenvalue weighted by molar-refractivity contribution is 0.163. The first kappa shape index (κ1) is 11.5. The van der Waals surface area contributed by atoms with Gasteiger partial charge in [-0.15, -0.1) is 12.8 Å². The fraction of sp³-hybridized carbons (Fsp3) is 0.600. The van der Waals surface area contributed by atoms with Crippen LogP contribution in [0.15, 0.2) is 0 Å². The molecule has 0 bridgehead atoms. The van der Waals surface area contributed by atoms with E-state index in [1.165, 1.54) is 0 Å². The summed E-state index contributed by atoms with van der Waals surface area (Å²) in [5.74, 6) is 0. The van der Waals surface area contributed by atoms with E-state index in [4.69, 9.17) is 13.3 Å². The van der Waals surface area contributed by atoms with Crippen molar-refractivity contribution in [2.24, 2.45) is 0 Å². The van der Waals surface area contributed by atoms with Gasteiger partial charge in [0, 0.05) is 21.3 Å². The molecule has 0 aliphatic rings. The maximum Gasteiger partial charge on any atom is 0.483 e. The summed E-state index contributed by atoms with van der Waals surface area (Å²) in [5, 5.41) is 0. The molecule has 0 atom stereocenters. The second-order valence-electron chi connectivity index (χ2n) is 0.996.